The minimum Gasteiger partial charge on any atom is -0.487 e. The molecule has 0 aromatic heterocycles. The molecular weight excluding hydrogens is 285 g/mol. The summed E-state index contributed by atoms with van der Waals surface area (Å²) in [5, 5.41) is 8.95. The van der Waals surface area contributed by atoms with E-state index in [1.165, 1.54) is 0 Å². The number of aromatic carboxylic acids is 1. The van der Waals surface area contributed by atoms with Crippen LogP contribution < -0.4 is 4.74 Å². The van der Waals surface area contributed by atoms with E-state index in [4.69, 9.17) is 9.84 Å². The van der Waals surface area contributed by atoms with Crippen molar-refractivity contribution in [2.24, 2.45) is 0 Å². The second kappa shape index (κ2) is 5.58. The van der Waals surface area contributed by atoms with Crippen LogP contribution in [0.2, 0.25) is 0 Å². The minimum absolute atomic E-state index is 0.206. The molecule has 0 amide bonds. The average molecular weight is 302 g/mol. The number of hydrogen-bond acceptors (Lipinski definition) is 2. The summed E-state index contributed by atoms with van der Waals surface area (Å²) in [6, 6.07) is 2.70. The fourth-order valence-electron chi connectivity index (χ4n) is 2.75. The van der Waals surface area contributed by atoms with Gasteiger partial charge in [0.15, 0.2) is 0 Å². The maximum Gasteiger partial charge on any atom is 0.419 e. The predicted molar refractivity (Wildman–Crippen MR) is 70.5 cm³/mol. The Hall–Kier alpha value is -1.72. The summed E-state index contributed by atoms with van der Waals surface area (Å²) in [5.74, 6) is -1.66. The van der Waals surface area contributed by atoms with E-state index in [1.807, 2.05) is 6.92 Å². The third-order valence-corrected chi connectivity index (χ3v) is 4.02. The summed E-state index contributed by atoms with van der Waals surface area (Å²) in [7, 11) is 0. The number of halogens is 3. The van der Waals surface area contributed by atoms with Crippen LogP contribution in [0.4, 0.5) is 13.2 Å². The maximum atomic E-state index is 13.1. The van der Waals surface area contributed by atoms with Crippen LogP contribution in [0.15, 0.2) is 18.2 Å². The van der Waals surface area contributed by atoms with Gasteiger partial charge in [-0.3, -0.25) is 0 Å². The molecule has 1 saturated carbocycles. The Morgan fingerprint density at radius 2 is 1.95 bits per heavy atom. The largest absolute Gasteiger partial charge is 0.487 e. The van der Waals surface area contributed by atoms with Crippen LogP contribution in [0.1, 0.15) is 54.9 Å². The van der Waals surface area contributed by atoms with Gasteiger partial charge in [0.25, 0.3) is 0 Å². The summed E-state index contributed by atoms with van der Waals surface area (Å²) in [6.45, 7) is 1.87. The molecule has 0 spiro atoms. The normalized spacial score (nSPS) is 17.7. The number of carbonyl (C=O) groups is 1. The SMILES string of the molecule is CCC1(Oc2cc(C(=O)O)ccc2C(F)(F)F)CCCC1. The molecule has 21 heavy (non-hydrogen) atoms. The van der Waals surface area contributed by atoms with Gasteiger partial charge in [0.05, 0.1) is 11.1 Å². The Balaban J connectivity index is 2.43. The molecule has 0 aliphatic heterocycles. The Bertz CT molecular complexity index is 531. The van der Waals surface area contributed by atoms with Crippen molar-refractivity contribution in [2.75, 3.05) is 0 Å². The van der Waals surface area contributed by atoms with Crippen LogP contribution in [0.5, 0.6) is 5.75 Å². The van der Waals surface area contributed by atoms with Crippen LogP contribution in [0, 0.1) is 0 Å². The van der Waals surface area contributed by atoms with Gasteiger partial charge in [-0.15, -0.1) is 0 Å². The molecule has 1 aromatic rings. The van der Waals surface area contributed by atoms with Crippen LogP contribution in [0.3, 0.4) is 0 Å². The quantitative estimate of drug-likeness (QED) is 0.890. The predicted octanol–water partition coefficient (Wildman–Crippen LogP) is 4.51. The number of carboxylic acids is 1. The molecule has 2 rings (SSSR count). The molecule has 0 saturated heterocycles. The van der Waals surface area contributed by atoms with E-state index in [9.17, 15) is 18.0 Å². The van der Waals surface area contributed by atoms with Crippen LogP contribution >= 0.6 is 0 Å². The maximum absolute atomic E-state index is 13.1. The van der Waals surface area contributed by atoms with E-state index in [-0.39, 0.29) is 11.3 Å². The molecular formula is C15H17F3O3. The summed E-state index contributed by atoms with van der Waals surface area (Å²) >= 11 is 0. The molecule has 1 fully saturated rings. The first-order valence-corrected chi connectivity index (χ1v) is 6.91. The lowest BCUT2D eigenvalue weighted by atomic mass is 9.98. The van der Waals surface area contributed by atoms with E-state index in [0.29, 0.717) is 19.3 Å². The molecule has 1 N–H and O–H groups in total. The van der Waals surface area contributed by atoms with Crippen molar-refractivity contribution in [3.63, 3.8) is 0 Å². The van der Waals surface area contributed by atoms with Gasteiger partial charge in [-0.25, -0.2) is 4.79 Å². The number of carboxylic acid groups (broad SMARTS) is 1. The smallest absolute Gasteiger partial charge is 0.419 e. The zero-order valence-electron chi connectivity index (χ0n) is 11.7. The Morgan fingerprint density at radius 1 is 1.33 bits per heavy atom. The lowest BCUT2D eigenvalue weighted by Gasteiger charge is -2.30. The van der Waals surface area contributed by atoms with Crippen molar-refractivity contribution < 1.29 is 27.8 Å². The Morgan fingerprint density at radius 3 is 2.43 bits per heavy atom. The molecule has 1 aromatic carbocycles. The van der Waals surface area contributed by atoms with Gasteiger partial charge in [-0.05, 0) is 50.3 Å². The fourth-order valence-corrected chi connectivity index (χ4v) is 2.75. The number of alkyl halides is 3. The average Bonchev–Trinajstić information content (AvgIpc) is 2.86. The van der Waals surface area contributed by atoms with Gasteiger partial charge < -0.3 is 9.84 Å². The van der Waals surface area contributed by atoms with Crippen molar-refractivity contribution in [1.82, 2.24) is 0 Å². The number of ether oxygens (including phenoxy) is 1. The molecule has 0 unspecified atom stereocenters. The topological polar surface area (TPSA) is 46.5 Å². The standard InChI is InChI=1S/C15H17F3O3/c1-2-14(7-3-4-8-14)21-12-9-10(13(19)20)5-6-11(12)15(16,17)18/h5-6,9H,2-4,7-8H2,1H3,(H,19,20). The number of benzene rings is 1. The Labute approximate surface area is 120 Å². The van der Waals surface area contributed by atoms with Gasteiger partial charge in [0.2, 0.25) is 0 Å². The molecule has 1 aliphatic rings. The lowest BCUT2D eigenvalue weighted by molar-refractivity contribution is -0.140. The van der Waals surface area contributed by atoms with E-state index in [1.54, 1.807) is 0 Å². The molecule has 1 aliphatic carbocycles. The van der Waals surface area contributed by atoms with E-state index >= 15 is 0 Å². The zero-order valence-corrected chi connectivity index (χ0v) is 11.7. The molecule has 0 atom stereocenters. The first kappa shape index (κ1) is 15.7. The first-order chi connectivity index (χ1) is 9.77. The summed E-state index contributed by atoms with van der Waals surface area (Å²) < 4.78 is 44.8. The summed E-state index contributed by atoms with van der Waals surface area (Å²) in [4.78, 5) is 11.0. The number of rotatable bonds is 4. The third kappa shape index (κ3) is 3.31. The van der Waals surface area contributed by atoms with Crippen molar-refractivity contribution in [1.29, 1.82) is 0 Å². The molecule has 0 radical (unpaired) electrons. The van der Waals surface area contributed by atoms with Gasteiger partial charge in [0.1, 0.15) is 11.4 Å². The van der Waals surface area contributed by atoms with E-state index < -0.39 is 23.3 Å². The van der Waals surface area contributed by atoms with Gasteiger partial charge in [-0.1, -0.05) is 6.92 Å². The lowest BCUT2D eigenvalue weighted by Crippen LogP contribution is -2.32. The fraction of sp³-hybridized carbons (Fsp3) is 0.533. The third-order valence-electron chi connectivity index (χ3n) is 4.02. The highest BCUT2D eigenvalue weighted by molar-refractivity contribution is 5.88. The zero-order chi connectivity index (χ0) is 15.7. The van der Waals surface area contributed by atoms with Crippen molar-refractivity contribution in [3.8, 4) is 5.75 Å². The van der Waals surface area contributed by atoms with Crippen LogP contribution in [0.25, 0.3) is 0 Å². The van der Waals surface area contributed by atoms with Gasteiger partial charge in [0, 0.05) is 0 Å². The highest BCUT2D eigenvalue weighted by atomic mass is 19.4. The van der Waals surface area contributed by atoms with Crippen molar-refractivity contribution in [2.45, 2.75) is 50.8 Å². The van der Waals surface area contributed by atoms with Gasteiger partial charge >= 0.3 is 12.1 Å². The molecule has 3 nitrogen and oxygen atoms in total. The monoisotopic (exact) mass is 302 g/mol. The second-order valence-corrected chi connectivity index (χ2v) is 5.36. The van der Waals surface area contributed by atoms with E-state index in [2.05, 4.69) is 0 Å². The number of hydrogen-bond donors (Lipinski definition) is 1. The van der Waals surface area contributed by atoms with Gasteiger partial charge in [-0.2, -0.15) is 13.2 Å². The van der Waals surface area contributed by atoms with Crippen molar-refractivity contribution >= 4 is 5.97 Å². The molecule has 116 valence electrons. The van der Waals surface area contributed by atoms with E-state index in [0.717, 1.165) is 31.0 Å². The molecule has 0 bridgehead atoms. The van der Waals surface area contributed by atoms with Crippen LogP contribution in [-0.4, -0.2) is 16.7 Å². The highest BCUT2D eigenvalue weighted by Crippen LogP contribution is 2.42. The Kier molecular flexibility index (Phi) is 4.16. The molecule has 0 heterocycles. The van der Waals surface area contributed by atoms with Crippen molar-refractivity contribution in [3.05, 3.63) is 29.3 Å². The first-order valence-electron chi connectivity index (χ1n) is 6.91. The summed E-state index contributed by atoms with van der Waals surface area (Å²) in [6.07, 6.45) is -0.765. The van der Waals surface area contributed by atoms with Crippen LogP contribution in [-0.2, 0) is 6.18 Å². The summed E-state index contributed by atoms with van der Waals surface area (Å²) in [5.41, 5.74) is -1.74. The second-order valence-electron chi connectivity index (χ2n) is 5.36. The molecule has 6 heteroatoms. The highest BCUT2D eigenvalue weighted by Gasteiger charge is 2.39. The minimum atomic E-state index is -4.57.